The zero-order valence-corrected chi connectivity index (χ0v) is 12.0. The second-order valence-corrected chi connectivity index (χ2v) is 4.83. The van der Waals surface area contributed by atoms with E-state index in [4.69, 9.17) is 0 Å². The Hall–Kier alpha value is -2.50. The first-order chi connectivity index (χ1) is 10.2. The van der Waals surface area contributed by atoms with Crippen molar-refractivity contribution in [2.75, 3.05) is 5.32 Å². The molecule has 0 spiro atoms. The number of hydrogen-bond donors (Lipinski definition) is 1. The first kappa shape index (κ1) is 15.9. The SMILES string of the molecule is Cc1ccc(C(=O)Nc2cccc(OC(F)(F)F)c2)cc1C. The van der Waals surface area contributed by atoms with Crippen LogP contribution in [0.2, 0.25) is 0 Å². The summed E-state index contributed by atoms with van der Waals surface area (Å²) in [6.45, 7) is 3.80. The van der Waals surface area contributed by atoms with E-state index in [1.165, 1.54) is 18.2 Å². The lowest BCUT2D eigenvalue weighted by molar-refractivity contribution is -0.274. The molecule has 0 aromatic heterocycles. The zero-order chi connectivity index (χ0) is 16.3. The number of ether oxygens (including phenoxy) is 1. The summed E-state index contributed by atoms with van der Waals surface area (Å²) < 4.78 is 40.3. The van der Waals surface area contributed by atoms with Gasteiger partial charge in [0, 0.05) is 17.3 Å². The predicted octanol–water partition coefficient (Wildman–Crippen LogP) is 4.45. The fourth-order valence-corrected chi connectivity index (χ4v) is 1.86. The normalized spacial score (nSPS) is 11.1. The lowest BCUT2D eigenvalue weighted by Crippen LogP contribution is -2.17. The van der Waals surface area contributed by atoms with Crippen LogP contribution in [0.1, 0.15) is 21.5 Å². The molecule has 0 atom stereocenters. The van der Waals surface area contributed by atoms with Gasteiger partial charge in [0.15, 0.2) is 0 Å². The molecule has 0 saturated heterocycles. The van der Waals surface area contributed by atoms with Crippen LogP contribution in [0.4, 0.5) is 18.9 Å². The number of carbonyl (C=O) groups excluding carboxylic acids is 1. The largest absolute Gasteiger partial charge is 0.573 e. The number of nitrogens with one attached hydrogen (secondary N) is 1. The minimum atomic E-state index is -4.77. The standard InChI is InChI=1S/C16H14F3NO2/c1-10-6-7-12(8-11(10)2)15(21)20-13-4-3-5-14(9-13)22-16(17,18)19/h3-9H,1-2H3,(H,20,21). The third-order valence-electron chi connectivity index (χ3n) is 3.09. The molecule has 0 aliphatic carbocycles. The lowest BCUT2D eigenvalue weighted by Gasteiger charge is -2.11. The Bertz CT molecular complexity index is 696. The predicted molar refractivity (Wildman–Crippen MR) is 77.0 cm³/mol. The molecule has 0 saturated carbocycles. The number of halogens is 3. The van der Waals surface area contributed by atoms with E-state index in [9.17, 15) is 18.0 Å². The summed E-state index contributed by atoms with van der Waals surface area (Å²) >= 11 is 0. The monoisotopic (exact) mass is 309 g/mol. The number of aryl methyl sites for hydroxylation is 2. The summed E-state index contributed by atoms with van der Waals surface area (Å²) in [5.41, 5.74) is 2.68. The van der Waals surface area contributed by atoms with E-state index in [0.29, 0.717) is 5.56 Å². The molecule has 22 heavy (non-hydrogen) atoms. The van der Waals surface area contributed by atoms with Crippen LogP contribution in [-0.4, -0.2) is 12.3 Å². The minimum absolute atomic E-state index is 0.227. The second-order valence-electron chi connectivity index (χ2n) is 4.83. The molecule has 116 valence electrons. The van der Waals surface area contributed by atoms with Gasteiger partial charge in [0.05, 0.1) is 0 Å². The van der Waals surface area contributed by atoms with Crippen molar-refractivity contribution in [3.8, 4) is 5.75 Å². The van der Waals surface area contributed by atoms with Gasteiger partial charge in [0.1, 0.15) is 5.75 Å². The van der Waals surface area contributed by atoms with Gasteiger partial charge in [-0.05, 0) is 49.2 Å². The Morgan fingerprint density at radius 2 is 1.77 bits per heavy atom. The average molecular weight is 309 g/mol. The van der Waals surface area contributed by atoms with E-state index in [1.807, 2.05) is 19.9 Å². The van der Waals surface area contributed by atoms with E-state index in [1.54, 1.807) is 12.1 Å². The Labute approximate surface area is 125 Å². The number of rotatable bonds is 3. The van der Waals surface area contributed by atoms with Crippen LogP contribution in [0, 0.1) is 13.8 Å². The van der Waals surface area contributed by atoms with Crippen molar-refractivity contribution < 1.29 is 22.7 Å². The molecule has 1 amide bonds. The second kappa shape index (κ2) is 6.09. The molecule has 0 heterocycles. The number of hydrogen-bond acceptors (Lipinski definition) is 2. The Morgan fingerprint density at radius 1 is 1.05 bits per heavy atom. The summed E-state index contributed by atoms with van der Waals surface area (Å²) in [7, 11) is 0. The molecule has 0 aliphatic rings. The molecule has 0 radical (unpaired) electrons. The minimum Gasteiger partial charge on any atom is -0.406 e. The molecule has 0 bridgehead atoms. The highest BCUT2D eigenvalue weighted by Gasteiger charge is 2.31. The molecule has 1 N–H and O–H groups in total. The van der Waals surface area contributed by atoms with E-state index in [0.717, 1.165) is 17.2 Å². The van der Waals surface area contributed by atoms with Crippen molar-refractivity contribution in [2.45, 2.75) is 20.2 Å². The molecule has 6 heteroatoms. The highest BCUT2D eigenvalue weighted by atomic mass is 19.4. The van der Waals surface area contributed by atoms with Crippen LogP contribution in [0.15, 0.2) is 42.5 Å². The Balaban J connectivity index is 2.14. The Morgan fingerprint density at radius 3 is 2.41 bits per heavy atom. The third kappa shape index (κ3) is 4.25. The van der Waals surface area contributed by atoms with Crippen molar-refractivity contribution in [3.63, 3.8) is 0 Å². The van der Waals surface area contributed by atoms with Gasteiger partial charge in [0.25, 0.3) is 5.91 Å². The van der Waals surface area contributed by atoms with E-state index >= 15 is 0 Å². The highest BCUT2D eigenvalue weighted by Crippen LogP contribution is 2.25. The van der Waals surface area contributed by atoms with Crippen LogP contribution < -0.4 is 10.1 Å². The van der Waals surface area contributed by atoms with Crippen LogP contribution in [0.25, 0.3) is 0 Å². The molecule has 2 rings (SSSR count). The van der Waals surface area contributed by atoms with Gasteiger partial charge in [-0.3, -0.25) is 4.79 Å². The first-order valence-corrected chi connectivity index (χ1v) is 6.49. The Kier molecular flexibility index (Phi) is 4.40. The fraction of sp³-hybridized carbons (Fsp3) is 0.188. The van der Waals surface area contributed by atoms with E-state index < -0.39 is 12.3 Å². The van der Waals surface area contributed by atoms with Gasteiger partial charge in [-0.25, -0.2) is 0 Å². The molecule has 3 nitrogen and oxygen atoms in total. The molecule has 2 aromatic carbocycles. The van der Waals surface area contributed by atoms with Crippen molar-refractivity contribution >= 4 is 11.6 Å². The van der Waals surface area contributed by atoms with Crippen LogP contribution in [0.5, 0.6) is 5.75 Å². The molecular formula is C16H14F3NO2. The third-order valence-corrected chi connectivity index (χ3v) is 3.09. The van der Waals surface area contributed by atoms with Crippen LogP contribution in [0.3, 0.4) is 0 Å². The van der Waals surface area contributed by atoms with Crippen molar-refractivity contribution in [1.29, 1.82) is 0 Å². The maximum Gasteiger partial charge on any atom is 0.573 e. The maximum atomic E-state index is 12.2. The van der Waals surface area contributed by atoms with Crippen LogP contribution in [-0.2, 0) is 0 Å². The molecule has 2 aromatic rings. The van der Waals surface area contributed by atoms with Gasteiger partial charge in [-0.2, -0.15) is 0 Å². The zero-order valence-electron chi connectivity index (χ0n) is 12.0. The van der Waals surface area contributed by atoms with Gasteiger partial charge >= 0.3 is 6.36 Å². The summed E-state index contributed by atoms with van der Waals surface area (Å²) in [5.74, 6) is -0.780. The molecule has 0 fully saturated rings. The van der Waals surface area contributed by atoms with Crippen molar-refractivity contribution in [1.82, 2.24) is 0 Å². The number of alkyl halides is 3. The van der Waals surface area contributed by atoms with Crippen LogP contribution >= 0.6 is 0 Å². The number of anilines is 1. The summed E-state index contributed by atoms with van der Waals surface area (Å²) in [4.78, 5) is 12.1. The smallest absolute Gasteiger partial charge is 0.406 e. The molecule has 0 aliphatic heterocycles. The van der Waals surface area contributed by atoms with Gasteiger partial charge < -0.3 is 10.1 Å². The van der Waals surface area contributed by atoms with Gasteiger partial charge in [0.2, 0.25) is 0 Å². The van der Waals surface area contributed by atoms with Crippen molar-refractivity contribution in [3.05, 3.63) is 59.2 Å². The molecular weight excluding hydrogens is 295 g/mol. The van der Waals surface area contributed by atoms with Gasteiger partial charge in [-0.15, -0.1) is 13.2 Å². The maximum absolute atomic E-state index is 12.2. The first-order valence-electron chi connectivity index (χ1n) is 6.49. The lowest BCUT2D eigenvalue weighted by atomic mass is 10.1. The van der Waals surface area contributed by atoms with E-state index in [-0.39, 0.29) is 11.4 Å². The topological polar surface area (TPSA) is 38.3 Å². The fourth-order valence-electron chi connectivity index (χ4n) is 1.86. The number of benzene rings is 2. The highest BCUT2D eigenvalue weighted by molar-refractivity contribution is 6.04. The summed E-state index contributed by atoms with van der Waals surface area (Å²) in [6, 6.07) is 10.3. The molecule has 0 unspecified atom stereocenters. The number of carbonyl (C=O) groups is 1. The quantitative estimate of drug-likeness (QED) is 0.909. The van der Waals surface area contributed by atoms with Crippen molar-refractivity contribution in [2.24, 2.45) is 0 Å². The average Bonchev–Trinajstić information content (AvgIpc) is 2.40. The summed E-state index contributed by atoms with van der Waals surface area (Å²) in [5, 5.41) is 2.54. The summed E-state index contributed by atoms with van der Waals surface area (Å²) in [6.07, 6.45) is -4.77. The number of amides is 1. The van der Waals surface area contributed by atoms with E-state index in [2.05, 4.69) is 10.1 Å². The van der Waals surface area contributed by atoms with Gasteiger partial charge in [-0.1, -0.05) is 12.1 Å².